The zero-order valence-electron chi connectivity index (χ0n) is 13.9. The van der Waals surface area contributed by atoms with E-state index < -0.39 is 17.6 Å². The highest BCUT2D eigenvalue weighted by Gasteiger charge is 2.30. The van der Waals surface area contributed by atoms with Gasteiger partial charge in [-0.3, -0.25) is 4.79 Å². The molecule has 0 saturated heterocycles. The third-order valence-corrected chi connectivity index (χ3v) is 3.88. The number of carbonyl (C=O) groups excluding carboxylic acids is 1. The van der Waals surface area contributed by atoms with Crippen molar-refractivity contribution in [3.63, 3.8) is 0 Å². The number of fused-ring (bicyclic) bond motifs is 1. The van der Waals surface area contributed by atoms with Gasteiger partial charge in [0.25, 0.3) is 5.91 Å². The van der Waals surface area contributed by atoms with Crippen molar-refractivity contribution in [2.75, 3.05) is 0 Å². The lowest BCUT2D eigenvalue weighted by Crippen LogP contribution is -2.18. The molecule has 136 valence electrons. The molecule has 0 saturated carbocycles. The second-order valence-electron chi connectivity index (χ2n) is 5.67. The van der Waals surface area contributed by atoms with Crippen molar-refractivity contribution in [3.05, 3.63) is 71.4 Å². The molecular formula is C19H13F3N4O. The standard InChI is InChI=1S/C19H13F3N4O/c20-19(21,22)15-5-3-4-13(10-15)18(27)25-24-11-14-12-26(9-8-23)17-7-2-1-6-16(14)17/h1-7,10-12H,9H2,(H,25,27)/b24-11+. The first-order chi connectivity index (χ1) is 12.9. The molecule has 1 N–H and O–H groups in total. The fourth-order valence-electron chi connectivity index (χ4n) is 2.65. The lowest BCUT2D eigenvalue weighted by molar-refractivity contribution is -0.137. The molecule has 8 heteroatoms. The summed E-state index contributed by atoms with van der Waals surface area (Å²) in [5.74, 6) is -0.752. The molecule has 0 atom stereocenters. The van der Waals surface area contributed by atoms with Gasteiger partial charge in [-0.15, -0.1) is 0 Å². The first kappa shape index (κ1) is 18.2. The Kier molecular flexibility index (Phi) is 4.94. The number of halogens is 3. The summed E-state index contributed by atoms with van der Waals surface area (Å²) in [5.41, 5.74) is 2.68. The predicted octanol–water partition coefficient (Wildman–Crippen LogP) is 3.95. The van der Waals surface area contributed by atoms with Gasteiger partial charge < -0.3 is 4.57 Å². The van der Waals surface area contributed by atoms with Crippen molar-refractivity contribution < 1.29 is 18.0 Å². The highest BCUT2D eigenvalue weighted by molar-refractivity contribution is 6.00. The zero-order valence-corrected chi connectivity index (χ0v) is 13.9. The van der Waals surface area contributed by atoms with Gasteiger partial charge in [0.1, 0.15) is 6.54 Å². The van der Waals surface area contributed by atoms with Gasteiger partial charge in [0.05, 0.1) is 17.8 Å². The Morgan fingerprint density at radius 2 is 2.00 bits per heavy atom. The maximum atomic E-state index is 12.7. The van der Waals surface area contributed by atoms with Crippen LogP contribution < -0.4 is 5.43 Å². The molecule has 5 nitrogen and oxygen atoms in total. The second-order valence-corrected chi connectivity index (χ2v) is 5.67. The first-order valence-corrected chi connectivity index (χ1v) is 7.85. The Bertz CT molecular complexity index is 1060. The summed E-state index contributed by atoms with van der Waals surface area (Å²) >= 11 is 0. The number of benzene rings is 2. The number of carbonyl (C=O) groups is 1. The largest absolute Gasteiger partial charge is 0.416 e. The summed E-state index contributed by atoms with van der Waals surface area (Å²) in [5, 5.41) is 13.6. The molecule has 0 aliphatic heterocycles. The number of nitrogens with one attached hydrogen (secondary N) is 1. The number of nitriles is 1. The molecule has 0 unspecified atom stereocenters. The van der Waals surface area contributed by atoms with Crippen LogP contribution in [0.15, 0.2) is 59.8 Å². The van der Waals surface area contributed by atoms with Crippen molar-refractivity contribution in [2.45, 2.75) is 12.7 Å². The van der Waals surface area contributed by atoms with Crippen molar-refractivity contribution in [1.82, 2.24) is 9.99 Å². The van der Waals surface area contributed by atoms with Crippen LogP contribution in [-0.4, -0.2) is 16.7 Å². The summed E-state index contributed by atoms with van der Waals surface area (Å²) in [7, 11) is 0. The minimum Gasteiger partial charge on any atom is -0.333 e. The van der Waals surface area contributed by atoms with Crippen LogP contribution in [0.1, 0.15) is 21.5 Å². The second kappa shape index (κ2) is 7.33. The van der Waals surface area contributed by atoms with Crippen molar-refractivity contribution in [3.8, 4) is 6.07 Å². The Balaban J connectivity index is 1.79. The molecule has 2 aromatic carbocycles. The number of hydrazone groups is 1. The van der Waals surface area contributed by atoms with E-state index in [1.807, 2.05) is 24.3 Å². The van der Waals surface area contributed by atoms with Gasteiger partial charge in [0.2, 0.25) is 0 Å². The highest BCUT2D eigenvalue weighted by Crippen LogP contribution is 2.29. The molecule has 0 radical (unpaired) electrons. The number of amides is 1. The molecular weight excluding hydrogens is 357 g/mol. The fraction of sp³-hybridized carbons (Fsp3) is 0.105. The molecule has 3 aromatic rings. The number of aromatic nitrogens is 1. The Hall–Kier alpha value is -3.60. The van der Waals surface area contributed by atoms with Crippen LogP contribution in [0.4, 0.5) is 13.2 Å². The number of hydrogen-bond donors (Lipinski definition) is 1. The van der Waals surface area contributed by atoms with Crippen LogP contribution in [0.25, 0.3) is 10.9 Å². The number of alkyl halides is 3. The van der Waals surface area contributed by atoms with Crippen molar-refractivity contribution in [2.24, 2.45) is 5.10 Å². The summed E-state index contributed by atoms with van der Waals surface area (Å²) in [6.07, 6.45) is -1.42. The Morgan fingerprint density at radius 3 is 2.74 bits per heavy atom. The molecule has 3 rings (SSSR count). The maximum Gasteiger partial charge on any atom is 0.416 e. The van der Waals surface area contributed by atoms with Crippen LogP contribution in [0.5, 0.6) is 0 Å². The molecule has 1 amide bonds. The van der Waals surface area contributed by atoms with E-state index in [2.05, 4.69) is 16.6 Å². The van der Waals surface area contributed by atoms with Crippen LogP contribution in [0, 0.1) is 11.3 Å². The van der Waals surface area contributed by atoms with Gasteiger partial charge in [0.15, 0.2) is 0 Å². The smallest absolute Gasteiger partial charge is 0.333 e. The van der Waals surface area contributed by atoms with Gasteiger partial charge in [-0.25, -0.2) is 5.43 Å². The van der Waals surface area contributed by atoms with Crippen LogP contribution in [0.2, 0.25) is 0 Å². The van der Waals surface area contributed by atoms with Crippen molar-refractivity contribution in [1.29, 1.82) is 5.26 Å². The van der Waals surface area contributed by atoms with E-state index in [9.17, 15) is 18.0 Å². The molecule has 27 heavy (non-hydrogen) atoms. The van der Waals surface area contributed by atoms with E-state index in [1.54, 1.807) is 10.8 Å². The highest BCUT2D eigenvalue weighted by atomic mass is 19.4. The summed E-state index contributed by atoms with van der Waals surface area (Å²) in [4.78, 5) is 12.0. The fourth-order valence-corrected chi connectivity index (χ4v) is 2.65. The SMILES string of the molecule is N#CCn1cc(/C=N/NC(=O)c2cccc(C(F)(F)F)c2)c2ccccc21. The lowest BCUT2D eigenvalue weighted by Gasteiger charge is -2.07. The third kappa shape index (κ3) is 3.98. The number of hydrogen-bond acceptors (Lipinski definition) is 3. The molecule has 0 fully saturated rings. The van der Waals surface area contributed by atoms with Gasteiger partial charge in [0, 0.05) is 28.2 Å². The monoisotopic (exact) mass is 370 g/mol. The van der Waals surface area contributed by atoms with Crippen molar-refractivity contribution >= 4 is 23.0 Å². The Labute approximate surface area is 152 Å². The quantitative estimate of drug-likeness (QED) is 0.558. The van der Waals surface area contributed by atoms with Gasteiger partial charge in [-0.2, -0.15) is 23.5 Å². The van der Waals surface area contributed by atoms with E-state index in [4.69, 9.17) is 5.26 Å². The molecule has 0 aliphatic carbocycles. The molecule has 0 spiro atoms. The molecule has 0 bridgehead atoms. The van der Waals surface area contributed by atoms with Crippen LogP contribution in [0.3, 0.4) is 0 Å². The normalized spacial score (nSPS) is 11.6. The van der Waals surface area contributed by atoms with E-state index in [0.29, 0.717) is 5.56 Å². The van der Waals surface area contributed by atoms with E-state index in [-0.39, 0.29) is 12.1 Å². The predicted molar refractivity (Wildman–Crippen MR) is 94.1 cm³/mol. The maximum absolute atomic E-state index is 12.7. The summed E-state index contributed by atoms with van der Waals surface area (Å²) < 4.78 is 39.9. The number of para-hydroxylation sites is 1. The van der Waals surface area contributed by atoms with Crippen LogP contribution in [-0.2, 0) is 12.7 Å². The zero-order chi connectivity index (χ0) is 19.4. The van der Waals surface area contributed by atoms with E-state index >= 15 is 0 Å². The number of rotatable bonds is 4. The molecule has 1 heterocycles. The topological polar surface area (TPSA) is 70.2 Å². The van der Waals surface area contributed by atoms with Gasteiger partial charge >= 0.3 is 6.18 Å². The molecule has 1 aromatic heterocycles. The first-order valence-electron chi connectivity index (χ1n) is 7.85. The summed E-state index contributed by atoms with van der Waals surface area (Å²) in [6.45, 7) is 0.158. The average Bonchev–Trinajstić information content (AvgIpc) is 2.99. The van der Waals surface area contributed by atoms with Crippen LogP contribution >= 0.6 is 0 Å². The number of nitrogens with zero attached hydrogens (tertiary/aromatic N) is 3. The average molecular weight is 370 g/mol. The van der Waals surface area contributed by atoms with E-state index in [0.717, 1.165) is 29.1 Å². The van der Waals surface area contributed by atoms with E-state index in [1.165, 1.54) is 12.3 Å². The minimum atomic E-state index is -4.53. The summed E-state index contributed by atoms with van der Waals surface area (Å²) in [6, 6.07) is 13.5. The van der Waals surface area contributed by atoms with Gasteiger partial charge in [-0.1, -0.05) is 24.3 Å². The third-order valence-electron chi connectivity index (χ3n) is 3.88. The minimum absolute atomic E-state index is 0.145. The lowest BCUT2D eigenvalue weighted by atomic mass is 10.1. The molecule has 0 aliphatic rings. The Morgan fingerprint density at radius 1 is 1.22 bits per heavy atom. The van der Waals surface area contributed by atoms with Gasteiger partial charge in [-0.05, 0) is 24.3 Å².